The van der Waals surface area contributed by atoms with E-state index in [-0.39, 0.29) is 0 Å². The van der Waals surface area contributed by atoms with Crippen molar-refractivity contribution in [2.45, 2.75) is 19.8 Å². The van der Waals surface area contributed by atoms with Gasteiger partial charge in [0.25, 0.3) is 0 Å². The lowest BCUT2D eigenvalue weighted by Crippen LogP contribution is -1.90. The standard InChI is InChI=1S/C16H15BrO2/c1-11(2)12-4-3-5-14(8-12)19-15-7-6-13(10-18)16(17)9-15/h3-11H,1-2H3. The Kier molecular flexibility index (Phi) is 4.38. The summed E-state index contributed by atoms with van der Waals surface area (Å²) < 4.78 is 6.54. The van der Waals surface area contributed by atoms with Gasteiger partial charge in [-0.2, -0.15) is 0 Å². The molecular formula is C16H15BrO2. The molecule has 0 bridgehead atoms. The van der Waals surface area contributed by atoms with Crippen molar-refractivity contribution in [3.63, 3.8) is 0 Å². The Morgan fingerprint density at radius 1 is 1.11 bits per heavy atom. The number of carbonyl (C=O) groups excluding carboxylic acids is 1. The van der Waals surface area contributed by atoms with E-state index in [9.17, 15) is 4.79 Å². The molecular weight excluding hydrogens is 304 g/mol. The van der Waals surface area contributed by atoms with Crippen LogP contribution in [0.15, 0.2) is 46.9 Å². The lowest BCUT2D eigenvalue weighted by Gasteiger charge is -2.10. The second kappa shape index (κ2) is 6.02. The Labute approximate surface area is 121 Å². The molecule has 3 heteroatoms. The third-order valence-corrected chi connectivity index (χ3v) is 3.55. The van der Waals surface area contributed by atoms with Crippen molar-refractivity contribution in [1.82, 2.24) is 0 Å². The molecule has 0 aliphatic rings. The van der Waals surface area contributed by atoms with Crippen molar-refractivity contribution in [3.8, 4) is 11.5 Å². The lowest BCUT2D eigenvalue weighted by atomic mass is 10.0. The molecule has 2 aromatic carbocycles. The molecule has 0 saturated heterocycles. The number of rotatable bonds is 4. The van der Waals surface area contributed by atoms with Crippen LogP contribution in [0.25, 0.3) is 0 Å². The third-order valence-electron chi connectivity index (χ3n) is 2.86. The fraction of sp³-hybridized carbons (Fsp3) is 0.188. The Morgan fingerprint density at radius 2 is 1.84 bits per heavy atom. The minimum Gasteiger partial charge on any atom is -0.457 e. The van der Waals surface area contributed by atoms with E-state index in [1.165, 1.54) is 5.56 Å². The topological polar surface area (TPSA) is 26.3 Å². The molecule has 2 aromatic rings. The zero-order valence-electron chi connectivity index (χ0n) is 10.9. The van der Waals surface area contributed by atoms with Crippen LogP contribution in [0.5, 0.6) is 11.5 Å². The van der Waals surface area contributed by atoms with E-state index in [1.807, 2.05) is 18.2 Å². The van der Waals surface area contributed by atoms with Crippen LogP contribution in [0.1, 0.15) is 35.7 Å². The Morgan fingerprint density at radius 3 is 2.47 bits per heavy atom. The molecule has 0 fully saturated rings. The van der Waals surface area contributed by atoms with Crippen LogP contribution in [0, 0.1) is 0 Å². The number of aldehydes is 1. The maximum absolute atomic E-state index is 10.7. The van der Waals surface area contributed by atoms with E-state index in [0.29, 0.717) is 17.2 Å². The fourth-order valence-electron chi connectivity index (χ4n) is 1.74. The van der Waals surface area contributed by atoms with Gasteiger partial charge in [-0.15, -0.1) is 0 Å². The van der Waals surface area contributed by atoms with Crippen LogP contribution in [0.2, 0.25) is 0 Å². The Hall–Kier alpha value is -1.61. The van der Waals surface area contributed by atoms with Crippen LogP contribution >= 0.6 is 15.9 Å². The van der Waals surface area contributed by atoms with Crippen molar-refractivity contribution in [1.29, 1.82) is 0 Å². The predicted octanol–water partition coefficient (Wildman–Crippen LogP) is 5.18. The number of ether oxygens (including phenoxy) is 1. The predicted molar refractivity (Wildman–Crippen MR) is 80.1 cm³/mol. The van der Waals surface area contributed by atoms with Crippen LogP contribution < -0.4 is 4.74 Å². The number of halogens is 1. The molecule has 98 valence electrons. The van der Waals surface area contributed by atoms with Gasteiger partial charge in [-0.05, 0) is 57.7 Å². The van der Waals surface area contributed by atoms with Gasteiger partial charge >= 0.3 is 0 Å². The van der Waals surface area contributed by atoms with Crippen LogP contribution in [-0.4, -0.2) is 6.29 Å². The normalized spacial score (nSPS) is 10.5. The van der Waals surface area contributed by atoms with Crippen LogP contribution in [0.4, 0.5) is 0 Å². The molecule has 0 aliphatic carbocycles. The van der Waals surface area contributed by atoms with Gasteiger partial charge in [-0.1, -0.05) is 26.0 Å². The maximum Gasteiger partial charge on any atom is 0.151 e. The molecule has 19 heavy (non-hydrogen) atoms. The first-order chi connectivity index (χ1) is 9.10. The summed E-state index contributed by atoms with van der Waals surface area (Å²) in [5.74, 6) is 1.98. The van der Waals surface area contributed by atoms with E-state index < -0.39 is 0 Å². The molecule has 0 aliphatic heterocycles. The average Bonchev–Trinajstić information content (AvgIpc) is 2.39. The minimum atomic E-state index is 0.465. The molecule has 0 atom stereocenters. The lowest BCUT2D eigenvalue weighted by molar-refractivity contribution is 0.112. The van der Waals surface area contributed by atoms with E-state index in [0.717, 1.165) is 16.5 Å². The quantitative estimate of drug-likeness (QED) is 0.726. The number of hydrogen-bond donors (Lipinski definition) is 0. The van der Waals surface area contributed by atoms with Crippen molar-refractivity contribution >= 4 is 22.2 Å². The smallest absolute Gasteiger partial charge is 0.151 e. The summed E-state index contributed by atoms with van der Waals surface area (Å²) >= 11 is 3.35. The zero-order valence-corrected chi connectivity index (χ0v) is 12.5. The first-order valence-electron chi connectivity index (χ1n) is 6.12. The first kappa shape index (κ1) is 13.8. The van der Waals surface area contributed by atoms with Gasteiger partial charge < -0.3 is 4.74 Å². The van der Waals surface area contributed by atoms with E-state index in [1.54, 1.807) is 18.2 Å². The molecule has 0 unspecified atom stereocenters. The van der Waals surface area contributed by atoms with Crippen molar-refractivity contribution in [2.75, 3.05) is 0 Å². The average molecular weight is 319 g/mol. The summed E-state index contributed by atoms with van der Waals surface area (Å²) in [4.78, 5) is 10.7. The summed E-state index contributed by atoms with van der Waals surface area (Å²) in [6.45, 7) is 4.29. The third kappa shape index (κ3) is 3.44. The Bertz CT molecular complexity index is 591. The van der Waals surface area contributed by atoms with Gasteiger partial charge in [0.1, 0.15) is 11.5 Å². The van der Waals surface area contributed by atoms with E-state index in [4.69, 9.17) is 4.74 Å². The van der Waals surface area contributed by atoms with E-state index in [2.05, 4.69) is 35.8 Å². The SMILES string of the molecule is CC(C)c1cccc(Oc2ccc(C=O)c(Br)c2)c1. The van der Waals surface area contributed by atoms with Crippen LogP contribution in [0.3, 0.4) is 0 Å². The summed E-state index contributed by atoms with van der Waals surface area (Å²) in [7, 11) is 0. The molecule has 2 nitrogen and oxygen atoms in total. The molecule has 0 heterocycles. The molecule has 0 radical (unpaired) electrons. The summed E-state index contributed by atoms with van der Waals surface area (Å²) in [5, 5.41) is 0. The molecule has 0 spiro atoms. The van der Waals surface area contributed by atoms with Crippen molar-refractivity contribution in [3.05, 3.63) is 58.1 Å². The molecule has 0 N–H and O–H groups in total. The number of carbonyl (C=O) groups is 1. The summed E-state index contributed by atoms with van der Waals surface area (Å²) in [5.41, 5.74) is 1.85. The van der Waals surface area contributed by atoms with E-state index >= 15 is 0 Å². The molecule has 2 rings (SSSR count). The minimum absolute atomic E-state index is 0.465. The fourth-order valence-corrected chi connectivity index (χ4v) is 2.19. The first-order valence-corrected chi connectivity index (χ1v) is 6.92. The molecule has 0 aromatic heterocycles. The molecule has 0 saturated carbocycles. The van der Waals surface area contributed by atoms with Crippen molar-refractivity contribution in [2.24, 2.45) is 0 Å². The molecule has 0 amide bonds. The van der Waals surface area contributed by atoms with Gasteiger partial charge in [-0.3, -0.25) is 4.79 Å². The number of hydrogen-bond acceptors (Lipinski definition) is 2. The summed E-state index contributed by atoms with van der Waals surface area (Å²) in [6, 6.07) is 13.4. The van der Waals surface area contributed by atoms with Gasteiger partial charge in [0.2, 0.25) is 0 Å². The highest BCUT2D eigenvalue weighted by Crippen LogP contribution is 2.28. The second-order valence-electron chi connectivity index (χ2n) is 4.63. The van der Waals surface area contributed by atoms with Gasteiger partial charge in [-0.25, -0.2) is 0 Å². The highest BCUT2D eigenvalue weighted by Gasteiger charge is 2.04. The largest absolute Gasteiger partial charge is 0.457 e. The Balaban J connectivity index is 2.23. The highest BCUT2D eigenvalue weighted by atomic mass is 79.9. The van der Waals surface area contributed by atoms with Gasteiger partial charge in [0, 0.05) is 10.0 Å². The summed E-state index contributed by atoms with van der Waals surface area (Å²) in [6.07, 6.45) is 0.813. The number of benzene rings is 2. The van der Waals surface area contributed by atoms with Crippen LogP contribution in [-0.2, 0) is 0 Å². The van der Waals surface area contributed by atoms with Crippen molar-refractivity contribution < 1.29 is 9.53 Å². The van der Waals surface area contributed by atoms with Gasteiger partial charge in [0.15, 0.2) is 6.29 Å². The van der Waals surface area contributed by atoms with Gasteiger partial charge in [0.05, 0.1) is 0 Å². The zero-order chi connectivity index (χ0) is 13.8. The maximum atomic E-state index is 10.7. The highest BCUT2D eigenvalue weighted by molar-refractivity contribution is 9.10. The monoisotopic (exact) mass is 318 g/mol. The second-order valence-corrected chi connectivity index (χ2v) is 5.48.